The Labute approximate surface area is 146 Å². The number of benzene rings is 2. The molecule has 128 valence electrons. The van der Waals surface area contributed by atoms with Crippen LogP contribution in [0.15, 0.2) is 48.5 Å². The number of nitrogens with two attached hydrogens (primary N) is 1. The fourth-order valence-electron chi connectivity index (χ4n) is 3.06. The second kappa shape index (κ2) is 6.94. The smallest absolute Gasteiger partial charge is 0.228 e. The molecule has 3 aromatic rings. The van der Waals surface area contributed by atoms with Gasteiger partial charge in [-0.1, -0.05) is 12.1 Å². The standard InChI is InChI=1S/C19H21N5O/c1-25-15-8-6-14(7-9-15)21-18-16-4-2-3-5-17(16)22-19(23-18)24-12-10-20-11-13-24/h2-9,20H,10-13H2,1H3,(H,21,22,23)/p+1. The summed E-state index contributed by atoms with van der Waals surface area (Å²) in [5, 5.41) is 6.78. The molecule has 3 N–H and O–H groups in total. The van der Waals surface area contributed by atoms with Gasteiger partial charge in [0.15, 0.2) is 0 Å². The van der Waals surface area contributed by atoms with Gasteiger partial charge in [-0.2, -0.15) is 4.98 Å². The molecule has 0 amide bonds. The number of hydrogen-bond acceptors (Lipinski definition) is 5. The highest BCUT2D eigenvalue weighted by molar-refractivity contribution is 5.91. The molecule has 0 spiro atoms. The lowest BCUT2D eigenvalue weighted by Crippen LogP contribution is -2.89. The van der Waals surface area contributed by atoms with Crippen LogP contribution in [-0.2, 0) is 0 Å². The van der Waals surface area contributed by atoms with E-state index in [0.29, 0.717) is 0 Å². The average molecular weight is 336 g/mol. The van der Waals surface area contributed by atoms with Gasteiger partial charge in [-0.3, -0.25) is 0 Å². The topological polar surface area (TPSA) is 66.9 Å². The number of nitrogens with zero attached hydrogens (tertiary/aromatic N) is 3. The molecule has 1 aliphatic rings. The van der Waals surface area contributed by atoms with Gasteiger partial charge in [0.1, 0.15) is 11.6 Å². The number of ether oxygens (including phenoxy) is 1. The highest BCUT2D eigenvalue weighted by Crippen LogP contribution is 2.27. The molecule has 0 unspecified atom stereocenters. The maximum atomic E-state index is 5.23. The van der Waals surface area contributed by atoms with Gasteiger partial charge < -0.3 is 20.3 Å². The Morgan fingerprint density at radius 3 is 2.52 bits per heavy atom. The highest BCUT2D eigenvalue weighted by Gasteiger charge is 2.17. The minimum absolute atomic E-state index is 0.794. The quantitative estimate of drug-likeness (QED) is 0.760. The Balaban J connectivity index is 1.72. The van der Waals surface area contributed by atoms with E-state index in [2.05, 4.69) is 21.6 Å². The Morgan fingerprint density at radius 2 is 1.76 bits per heavy atom. The van der Waals surface area contributed by atoms with Crippen LogP contribution >= 0.6 is 0 Å². The van der Waals surface area contributed by atoms with E-state index in [1.54, 1.807) is 7.11 Å². The number of methoxy groups -OCH3 is 1. The van der Waals surface area contributed by atoms with E-state index in [-0.39, 0.29) is 0 Å². The minimum atomic E-state index is 0.794. The second-order valence-corrected chi connectivity index (χ2v) is 6.10. The fourth-order valence-corrected chi connectivity index (χ4v) is 3.06. The molecule has 2 aromatic carbocycles. The van der Waals surface area contributed by atoms with E-state index in [4.69, 9.17) is 14.7 Å². The monoisotopic (exact) mass is 336 g/mol. The molecular formula is C19H22N5O+. The van der Waals surface area contributed by atoms with Gasteiger partial charge >= 0.3 is 0 Å². The molecule has 0 atom stereocenters. The van der Waals surface area contributed by atoms with E-state index in [1.807, 2.05) is 42.5 Å². The average Bonchev–Trinajstić information content (AvgIpc) is 2.69. The van der Waals surface area contributed by atoms with Gasteiger partial charge in [-0.05, 0) is 36.4 Å². The molecular weight excluding hydrogens is 314 g/mol. The van der Waals surface area contributed by atoms with Crippen LogP contribution in [0.4, 0.5) is 17.5 Å². The third-order valence-electron chi connectivity index (χ3n) is 4.43. The normalized spacial score (nSPS) is 14.5. The van der Waals surface area contributed by atoms with Crippen molar-refractivity contribution in [3.63, 3.8) is 0 Å². The van der Waals surface area contributed by atoms with Crippen LogP contribution in [0.25, 0.3) is 10.9 Å². The lowest BCUT2D eigenvalue weighted by Gasteiger charge is -2.26. The molecule has 0 radical (unpaired) electrons. The third-order valence-corrected chi connectivity index (χ3v) is 4.43. The zero-order chi connectivity index (χ0) is 17.1. The van der Waals surface area contributed by atoms with Crippen molar-refractivity contribution in [2.45, 2.75) is 0 Å². The van der Waals surface area contributed by atoms with Crippen molar-refractivity contribution in [1.82, 2.24) is 9.97 Å². The van der Waals surface area contributed by atoms with Crippen LogP contribution < -0.4 is 20.3 Å². The summed E-state index contributed by atoms with van der Waals surface area (Å²) in [6, 6.07) is 16.0. The first-order chi connectivity index (χ1) is 12.3. The zero-order valence-corrected chi connectivity index (χ0v) is 14.3. The van der Waals surface area contributed by atoms with E-state index in [0.717, 1.165) is 60.3 Å². The third kappa shape index (κ3) is 3.34. The SMILES string of the molecule is COc1ccc(Nc2nc(N3CC[NH2+]CC3)nc3ccccc23)cc1. The Morgan fingerprint density at radius 1 is 1.00 bits per heavy atom. The van der Waals surface area contributed by atoms with Gasteiger partial charge in [-0.25, -0.2) is 4.98 Å². The summed E-state index contributed by atoms with van der Waals surface area (Å²) in [6.07, 6.45) is 0. The summed E-state index contributed by atoms with van der Waals surface area (Å²) in [6.45, 7) is 4.11. The van der Waals surface area contributed by atoms with Crippen LogP contribution in [0.2, 0.25) is 0 Å². The number of aromatic nitrogens is 2. The van der Waals surface area contributed by atoms with Crippen molar-refractivity contribution in [3.05, 3.63) is 48.5 Å². The minimum Gasteiger partial charge on any atom is -0.497 e. The zero-order valence-electron chi connectivity index (χ0n) is 14.3. The number of fused-ring (bicyclic) bond motifs is 1. The highest BCUT2D eigenvalue weighted by atomic mass is 16.5. The van der Waals surface area contributed by atoms with Crippen LogP contribution in [0.1, 0.15) is 0 Å². The summed E-state index contributed by atoms with van der Waals surface area (Å²) < 4.78 is 5.23. The maximum absolute atomic E-state index is 5.23. The molecule has 1 saturated heterocycles. The summed E-state index contributed by atoms with van der Waals surface area (Å²) in [7, 11) is 1.67. The lowest BCUT2D eigenvalue weighted by molar-refractivity contribution is -0.655. The predicted octanol–water partition coefficient (Wildman–Crippen LogP) is 1.77. The number of hydrogen-bond donors (Lipinski definition) is 2. The summed E-state index contributed by atoms with van der Waals surface area (Å²) >= 11 is 0. The van der Waals surface area contributed by atoms with Gasteiger partial charge in [0.05, 0.1) is 38.8 Å². The fraction of sp³-hybridized carbons (Fsp3) is 0.263. The number of quaternary nitrogens is 1. The lowest BCUT2D eigenvalue weighted by atomic mass is 10.2. The number of anilines is 3. The van der Waals surface area contributed by atoms with E-state index in [9.17, 15) is 0 Å². The van der Waals surface area contributed by atoms with Crippen LogP contribution in [-0.4, -0.2) is 43.3 Å². The number of para-hydroxylation sites is 1. The maximum Gasteiger partial charge on any atom is 0.228 e. The van der Waals surface area contributed by atoms with E-state index >= 15 is 0 Å². The molecule has 25 heavy (non-hydrogen) atoms. The second-order valence-electron chi connectivity index (χ2n) is 6.10. The van der Waals surface area contributed by atoms with E-state index in [1.165, 1.54) is 0 Å². The molecule has 1 aliphatic heterocycles. The molecule has 6 heteroatoms. The first-order valence-corrected chi connectivity index (χ1v) is 8.58. The molecule has 2 heterocycles. The molecule has 0 aliphatic carbocycles. The Bertz CT molecular complexity index is 859. The first-order valence-electron chi connectivity index (χ1n) is 8.58. The van der Waals surface area contributed by atoms with Gasteiger partial charge in [0, 0.05) is 11.1 Å². The Kier molecular flexibility index (Phi) is 4.35. The predicted molar refractivity (Wildman–Crippen MR) is 99.7 cm³/mol. The summed E-state index contributed by atoms with van der Waals surface area (Å²) in [5.41, 5.74) is 1.93. The van der Waals surface area contributed by atoms with Crippen LogP contribution in [0.5, 0.6) is 5.75 Å². The molecule has 0 saturated carbocycles. The molecule has 4 rings (SSSR count). The van der Waals surface area contributed by atoms with Gasteiger partial charge in [-0.15, -0.1) is 0 Å². The van der Waals surface area contributed by atoms with Crippen LogP contribution in [0, 0.1) is 0 Å². The number of rotatable bonds is 4. The van der Waals surface area contributed by atoms with Crippen molar-refractivity contribution < 1.29 is 10.1 Å². The summed E-state index contributed by atoms with van der Waals surface area (Å²) in [5.74, 6) is 2.46. The van der Waals surface area contributed by atoms with Crippen molar-refractivity contribution in [2.75, 3.05) is 43.5 Å². The Hall–Kier alpha value is -2.86. The number of nitrogens with one attached hydrogen (secondary N) is 1. The van der Waals surface area contributed by atoms with Gasteiger partial charge in [0.2, 0.25) is 5.95 Å². The molecule has 6 nitrogen and oxygen atoms in total. The van der Waals surface area contributed by atoms with Crippen molar-refractivity contribution in [2.24, 2.45) is 0 Å². The molecule has 1 fully saturated rings. The largest absolute Gasteiger partial charge is 0.497 e. The summed E-state index contributed by atoms with van der Waals surface area (Å²) in [4.78, 5) is 11.8. The molecule has 0 bridgehead atoms. The van der Waals surface area contributed by atoms with Crippen molar-refractivity contribution in [3.8, 4) is 5.75 Å². The van der Waals surface area contributed by atoms with Gasteiger partial charge in [0.25, 0.3) is 0 Å². The molecule has 1 aromatic heterocycles. The van der Waals surface area contributed by atoms with Crippen molar-refractivity contribution >= 4 is 28.4 Å². The first kappa shape index (κ1) is 15.7. The number of piperazine rings is 1. The van der Waals surface area contributed by atoms with E-state index < -0.39 is 0 Å². The van der Waals surface area contributed by atoms with Crippen molar-refractivity contribution in [1.29, 1.82) is 0 Å². The van der Waals surface area contributed by atoms with Crippen LogP contribution in [0.3, 0.4) is 0 Å².